The van der Waals surface area contributed by atoms with Crippen molar-refractivity contribution in [1.29, 1.82) is 0 Å². The Morgan fingerprint density at radius 1 is 1.36 bits per heavy atom. The highest BCUT2D eigenvalue weighted by atomic mass is 35.5. The monoisotopic (exact) mass is 383 g/mol. The Hall–Kier alpha value is -1.40. The van der Waals surface area contributed by atoms with E-state index in [2.05, 4.69) is 4.72 Å². The zero-order valence-corrected chi connectivity index (χ0v) is 16.1. The van der Waals surface area contributed by atoms with Gasteiger partial charge in [-0.25, -0.2) is 8.42 Å². The number of benzene rings is 1. The Labute approximate surface area is 153 Å². The number of fused-ring (bicyclic) bond motifs is 2. The number of nitrogens with one attached hydrogen (secondary N) is 1. The van der Waals surface area contributed by atoms with Crippen LogP contribution in [0.2, 0.25) is 5.02 Å². The van der Waals surface area contributed by atoms with Gasteiger partial charge in [0.15, 0.2) is 5.78 Å². The average Bonchev–Trinajstić information content (AvgIpc) is 2.80. The maximum atomic E-state index is 12.7. The van der Waals surface area contributed by atoms with Gasteiger partial charge in [-0.2, -0.15) is 0 Å². The highest BCUT2D eigenvalue weighted by molar-refractivity contribution is 7.92. The van der Waals surface area contributed by atoms with Crippen LogP contribution in [0, 0.1) is 16.7 Å². The van der Waals surface area contributed by atoms with Crippen molar-refractivity contribution in [3.05, 3.63) is 28.8 Å². The van der Waals surface area contributed by atoms with E-state index in [9.17, 15) is 18.0 Å². The third-order valence-electron chi connectivity index (χ3n) is 6.20. The Morgan fingerprint density at radius 2 is 2.04 bits per heavy atom. The molecule has 0 saturated heterocycles. The fraction of sp³-hybridized carbons (Fsp3) is 0.556. The van der Waals surface area contributed by atoms with Crippen LogP contribution >= 0.6 is 11.6 Å². The van der Waals surface area contributed by atoms with Crippen molar-refractivity contribution in [3.63, 3.8) is 0 Å². The topological polar surface area (TPSA) is 80.3 Å². The minimum atomic E-state index is -3.73. The molecule has 7 heteroatoms. The summed E-state index contributed by atoms with van der Waals surface area (Å²) in [5.41, 5.74) is -0.486. The summed E-state index contributed by atoms with van der Waals surface area (Å²) in [7, 11) is -3.73. The first-order valence-electron chi connectivity index (χ1n) is 8.33. The maximum absolute atomic E-state index is 12.7. The average molecular weight is 384 g/mol. The molecule has 5 nitrogen and oxygen atoms in total. The molecule has 2 saturated carbocycles. The number of hydrogen-bond acceptors (Lipinski definition) is 4. The van der Waals surface area contributed by atoms with Crippen molar-refractivity contribution < 1.29 is 18.0 Å². The van der Waals surface area contributed by atoms with E-state index in [0.29, 0.717) is 24.1 Å². The lowest BCUT2D eigenvalue weighted by atomic mass is 9.70. The molecule has 2 aliphatic rings. The second kappa shape index (κ2) is 5.81. The predicted octanol–water partition coefficient (Wildman–Crippen LogP) is 3.68. The van der Waals surface area contributed by atoms with Crippen LogP contribution in [-0.4, -0.2) is 25.7 Å². The number of anilines is 1. The van der Waals surface area contributed by atoms with Crippen LogP contribution < -0.4 is 4.72 Å². The van der Waals surface area contributed by atoms with Crippen LogP contribution in [0.15, 0.2) is 18.2 Å². The second-order valence-corrected chi connectivity index (χ2v) is 9.91. The molecule has 136 valence electrons. The number of carbonyl (C=O) groups excluding carboxylic acids is 2. The van der Waals surface area contributed by atoms with Gasteiger partial charge in [0.05, 0.1) is 16.2 Å². The van der Waals surface area contributed by atoms with Gasteiger partial charge in [0.1, 0.15) is 5.78 Å². The van der Waals surface area contributed by atoms with Crippen LogP contribution in [0.1, 0.15) is 50.4 Å². The summed E-state index contributed by atoms with van der Waals surface area (Å²) in [5, 5.41) is 0.198. The summed E-state index contributed by atoms with van der Waals surface area (Å²) in [4.78, 5) is 24.0. The van der Waals surface area contributed by atoms with Gasteiger partial charge in [0, 0.05) is 17.7 Å². The Kier molecular flexibility index (Phi) is 4.27. The molecule has 1 aromatic rings. The van der Waals surface area contributed by atoms with Gasteiger partial charge in [-0.3, -0.25) is 14.3 Å². The molecule has 1 N–H and O–H groups in total. The molecule has 2 bridgehead atoms. The van der Waals surface area contributed by atoms with Crippen LogP contribution in [0.3, 0.4) is 0 Å². The van der Waals surface area contributed by atoms with E-state index in [1.165, 1.54) is 25.1 Å². The van der Waals surface area contributed by atoms with Gasteiger partial charge in [-0.15, -0.1) is 0 Å². The summed E-state index contributed by atoms with van der Waals surface area (Å²) in [5.74, 6) is -0.0776. The van der Waals surface area contributed by atoms with Crippen LogP contribution in [-0.2, 0) is 14.8 Å². The molecule has 2 unspecified atom stereocenters. The van der Waals surface area contributed by atoms with E-state index in [1.54, 1.807) is 0 Å². The standard InChI is InChI=1S/C18H22ClNO4S/c1-11(21)14-5-4-13(9-15(14)19)20-25(23,24)10-18-7-6-12(8-16(18)22)17(18,2)3/h4-5,9,12,20H,6-8,10H2,1-3H3. The number of Topliss-reactive ketones (excluding diaryl/α,β-unsaturated/α-hetero) is 2. The molecule has 2 aliphatic carbocycles. The van der Waals surface area contributed by atoms with Gasteiger partial charge < -0.3 is 0 Å². The third-order valence-corrected chi connectivity index (χ3v) is 7.93. The van der Waals surface area contributed by atoms with E-state index < -0.39 is 15.4 Å². The smallest absolute Gasteiger partial charge is 0.233 e. The van der Waals surface area contributed by atoms with Crippen molar-refractivity contribution in [2.75, 3.05) is 10.5 Å². The van der Waals surface area contributed by atoms with Gasteiger partial charge >= 0.3 is 0 Å². The van der Waals surface area contributed by atoms with E-state index in [1.807, 2.05) is 13.8 Å². The highest BCUT2D eigenvalue weighted by Gasteiger charge is 2.65. The molecular formula is C18H22ClNO4S. The van der Waals surface area contributed by atoms with Crippen molar-refractivity contribution in [1.82, 2.24) is 0 Å². The second-order valence-electron chi connectivity index (χ2n) is 7.78. The van der Waals surface area contributed by atoms with Crippen molar-refractivity contribution in [2.24, 2.45) is 16.7 Å². The van der Waals surface area contributed by atoms with Gasteiger partial charge in [0.2, 0.25) is 10.0 Å². The van der Waals surface area contributed by atoms with E-state index >= 15 is 0 Å². The first-order valence-corrected chi connectivity index (χ1v) is 10.4. The lowest BCUT2D eigenvalue weighted by molar-refractivity contribution is -0.128. The predicted molar refractivity (Wildman–Crippen MR) is 97.4 cm³/mol. The molecule has 0 heterocycles. The number of halogens is 1. The van der Waals surface area contributed by atoms with Crippen molar-refractivity contribution in [3.8, 4) is 0 Å². The highest BCUT2D eigenvalue weighted by Crippen LogP contribution is 2.64. The quantitative estimate of drug-likeness (QED) is 0.786. The lowest BCUT2D eigenvalue weighted by Gasteiger charge is -2.36. The zero-order chi connectivity index (χ0) is 18.6. The zero-order valence-electron chi connectivity index (χ0n) is 14.6. The number of rotatable bonds is 5. The molecule has 2 fully saturated rings. The number of carbonyl (C=O) groups is 2. The molecule has 1 aromatic carbocycles. The molecule has 2 atom stereocenters. The SMILES string of the molecule is CC(=O)c1ccc(NS(=O)(=O)CC23CCC(CC2=O)C3(C)C)cc1Cl. The molecule has 3 rings (SSSR count). The normalized spacial score (nSPS) is 27.5. The summed E-state index contributed by atoms with van der Waals surface area (Å²) in [6.45, 7) is 5.40. The summed E-state index contributed by atoms with van der Waals surface area (Å²) < 4.78 is 28.0. The Balaban J connectivity index is 1.85. The minimum absolute atomic E-state index is 0.0593. The first-order chi connectivity index (χ1) is 11.5. The third kappa shape index (κ3) is 2.89. The van der Waals surface area contributed by atoms with Crippen molar-refractivity contribution in [2.45, 2.75) is 40.0 Å². The summed E-state index contributed by atoms with van der Waals surface area (Å²) in [6.07, 6.45) is 1.99. The molecule has 0 aromatic heterocycles. The number of sulfonamides is 1. The Morgan fingerprint density at radius 3 is 2.52 bits per heavy atom. The van der Waals surface area contributed by atoms with Crippen molar-refractivity contribution >= 4 is 38.9 Å². The maximum Gasteiger partial charge on any atom is 0.233 e. The van der Waals surface area contributed by atoms with E-state index in [0.717, 1.165) is 6.42 Å². The van der Waals surface area contributed by atoms with Gasteiger partial charge in [0.25, 0.3) is 0 Å². The van der Waals surface area contributed by atoms with Crippen LogP contribution in [0.4, 0.5) is 5.69 Å². The van der Waals surface area contributed by atoms with E-state index in [4.69, 9.17) is 11.6 Å². The molecule has 0 spiro atoms. The largest absolute Gasteiger partial charge is 0.299 e. The molecule has 0 radical (unpaired) electrons. The lowest BCUT2D eigenvalue weighted by Crippen LogP contribution is -2.43. The molecule has 0 amide bonds. The Bertz CT molecular complexity index is 862. The van der Waals surface area contributed by atoms with Gasteiger partial charge in [-0.05, 0) is 49.3 Å². The summed E-state index contributed by atoms with van der Waals surface area (Å²) in [6, 6.07) is 4.43. The number of hydrogen-bond donors (Lipinski definition) is 1. The van der Waals surface area contributed by atoms with Crippen LogP contribution in [0.25, 0.3) is 0 Å². The van der Waals surface area contributed by atoms with E-state index in [-0.39, 0.29) is 33.7 Å². The van der Waals surface area contributed by atoms with Gasteiger partial charge in [-0.1, -0.05) is 25.4 Å². The fourth-order valence-electron chi connectivity index (χ4n) is 4.51. The molecule has 25 heavy (non-hydrogen) atoms. The molecular weight excluding hydrogens is 362 g/mol. The minimum Gasteiger partial charge on any atom is -0.299 e. The first kappa shape index (κ1) is 18.4. The fourth-order valence-corrected chi connectivity index (χ4v) is 6.71. The summed E-state index contributed by atoms with van der Waals surface area (Å²) >= 11 is 6.04. The number of ketones is 2. The molecule has 0 aliphatic heterocycles. The van der Waals surface area contributed by atoms with Crippen LogP contribution in [0.5, 0.6) is 0 Å².